The Morgan fingerprint density at radius 2 is 0.854 bits per heavy atom. The highest BCUT2D eigenvalue weighted by Gasteiger charge is 2.19. The van der Waals surface area contributed by atoms with Crippen LogP contribution in [0.3, 0.4) is 0 Å². The lowest BCUT2D eigenvalue weighted by Crippen LogP contribution is -2.45. The largest absolute Gasteiger partial charge is 0.394 e. The maximum Gasteiger partial charge on any atom is 0.220 e. The molecule has 4 heteroatoms. The summed E-state index contributed by atoms with van der Waals surface area (Å²) in [5, 5.41) is 23.1. The molecule has 0 aromatic rings. The van der Waals surface area contributed by atoms with Gasteiger partial charge in [-0.15, -0.1) is 0 Å². The molecule has 0 rings (SSSR count). The molecule has 0 aliphatic heterocycles. The molecule has 2 atom stereocenters. The molecule has 0 saturated heterocycles. The van der Waals surface area contributed by atoms with Gasteiger partial charge in [0.2, 0.25) is 5.91 Å². The van der Waals surface area contributed by atoms with E-state index in [0.29, 0.717) is 12.8 Å². The Morgan fingerprint density at radius 3 is 1.27 bits per heavy atom. The first-order chi connectivity index (χ1) is 23.7. The first-order valence-corrected chi connectivity index (χ1v) is 21.2. The fourth-order valence-corrected chi connectivity index (χ4v) is 6.37. The molecule has 0 bridgehead atoms. The lowest BCUT2D eigenvalue weighted by molar-refractivity contribution is -0.123. The quantitative estimate of drug-likeness (QED) is 0.0451. The third kappa shape index (κ3) is 35.9. The molecule has 282 valence electrons. The Morgan fingerprint density at radius 1 is 0.500 bits per heavy atom. The van der Waals surface area contributed by atoms with Gasteiger partial charge in [-0.3, -0.25) is 4.79 Å². The van der Waals surface area contributed by atoms with Crippen LogP contribution in [0.15, 0.2) is 36.5 Å². The number of hydrogen-bond donors (Lipinski definition) is 3. The molecule has 4 nitrogen and oxygen atoms in total. The zero-order valence-corrected chi connectivity index (χ0v) is 32.3. The predicted octanol–water partition coefficient (Wildman–Crippen LogP) is 13.0. The van der Waals surface area contributed by atoms with Gasteiger partial charge in [-0.25, -0.2) is 0 Å². The topological polar surface area (TPSA) is 69.6 Å². The molecule has 2 unspecified atom stereocenters. The van der Waals surface area contributed by atoms with E-state index in [9.17, 15) is 15.0 Å². The van der Waals surface area contributed by atoms with Crippen LogP contribution in [0, 0.1) is 0 Å². The highest BCUT2D eigenvalue weighted by molar-refractivity contribution is 5.76. The van der Waals surface area contributed by atoms with Crippen LogP contribution in [-0.2, 0) is 4.79 Å². The van der Waals surface area contributed by atoms with Gasteiger partial charge in [0.25, 0.3) is 0 Å². The average molecular weight is 674 g/mol. The number of rotatable bonds is 38. The SMILES string of the molecule is CCCCCCC/C=C\C/C=C\C/C=C\CCCCCCCCC(=O)NC(CO)C(O)CCCCCCCCCCCCCCCCC. The van der Waals surface area contributed by atoms with Crippen molar-refractivity contribution in [2.75, 3.05) is 6.61 Å². The highest BCUT2D eigenvalue weighted by atomic mass is 16.3. The molecular formula is C44H83NO3. The van der Waals surface area contributed by atoms with Crippen molar-refractivity contribution in [2.24, 2.45) is 0 Å². The van der Waals surface area contributed by atoms with E-state index in [1.54, 1.807) is 0 Å². The monoisotopic (exact) mass is 674 g/mol. The minimum atomic E-state index is -0.664. The fourth-order valence-electron chi connectivity index (χ4n) is 6.37. The minimum Gasteiger partial charge on any atom is -0.394 e. The molecule has 0 aromatic carbocycles. The summed E-state index contributed by atoms with van der Waals surface area (Å²) in [6.45, 7) is 4.34. The van der Waals surface area contributed by atoms with E-state index in [1.165, 1.54) is 141 Å². The maximum atomic E-state index is 12.4. The summed E-state index contributed by atoms with van der Waals surface area (Å²) in [5.74, 6) is -0.0439. The van der Waals surface area contributed by atoms with Gasteiger partial charge in [0, 0.05) is 6.42 Å². The molecule has 3 N–H and O–H groups in total. The molecule has 1 amide bonds. The highest BCUT2D eigenvalue weighted by Crippen LogP contribution is 2.15. The van der Waals surface area contributed by atoms with Crippen molar-refractivity contribution in [3.05, 3.63) is 36.5 Å². The number of nitrogens with one attached hydrogen (secondary N) is 1. The van der Waals surface area contributed by atoms with E-state index >= 15 is 0 Å². The lowest BCUT2D eigenvalue weighted by atomic mass is 10.0. The Balaban J connectivity index is 3.58. The van der Waals surface area contributed by atoms with E-state index in [1.807, 2.05) is 0 Å². The van der Waals surface area contributed by atoms with Gasteiger partial charge >= 0.3 is 0 Å². The van der Waals surface area contributed by atoms with Crippen LogP contribution >= 0.6 is 0 Å². The molecule has 0 aliphatic rings. The number of unbranched alkanes of at least 4 members (excludes halogenated alkanes) is 25. The van der Waals surface area contributed by atoms with Crippen molar-refractivity contribution in [1.29, 1.82) is 0 Å². The molecule has 0 aromatic heterocycles. The van der Waals surface area contributed by atoms with Crippen LogP contribution in [0.2, 0.25) is 0 Å². The van der Waals surface area contributed by atoms with Crippen molar-refractivity contribution in [1.82, 2.24) is 5.32 Å². The number of aliphatic hydroxyl groups excluding tert-OH is 2. The van der Waals surface area contributed by atoms with Gasteiger partial charge in [-0.1, -0.05) is 198 Å². The second-order valence-corrected chi connectivity index (χ2v) is 14.4. The van der Waals surface area contributed by atoms with Crippen LogP contribution in [0.5, 0.6) is 0 Å². The van der Waals surface area contributed by atoms with E-state index in [2.05, 4.69) is 55.6 Å². The van der Waals surface area contributed by atoms with Crippen molar-refractivity contribution in [2.45, 2.75) is 231 Å². The molecule has 0 heterocycles. The maximum absolute atomic E-state index is 12.4. The second kappa shape index (κ2) is 40.0. The Hall–Kier alpha value is -1.39. The second-order valence-electron chi connectivity index (χ2n) is 14.4. The standard InChI is InChI=1S/C44H83NO3/c1-3-5-7-9-11-13-15-17-19-20-21-22-23-24-26-28-30-32-34-36-38-40-44(48)45-42(41-46)43(47)39-37-35-33-31-29-27-25-18-16-14-12-10-8-6-4-2/h15,17,20-21,23-24,42-43,46-47H,3-14,16,18-19,22,25-41H2,1-2H3,(H,45,48)/b17-15-,21-20-,24-23-. The van der Waals surface area contributed by atoms with Gasteiger partial charge in [-0.2, -0.15) is 0 Å². The van der Waals surface area contributed by atoms with Gasteiger partial charge in [-0.05, 0) is 51.4 Å². The van der Waals surface area contributed by atoms with Crippen molar-refractivity contribution in [3.8, 4) is 0 Å². The molecule has 0 aliphatic carbocycles. The van der Waals surface area contributed by atoms with E-state index in [0.717, 1.165) is 51.4 Å². The lowest BCUT2D eigenvalue weighted by Gasteiger charge is -2.22. The van der Waals surface area contributed by atoms with E-state index < -0.39 is 12.1 Å². The molecule has 48 heavy (non-hydrogen) atoms. The summed E-state index contributed by atoms with van der Waals surface area (Å²) in [5.41, 5.74) is 0. The summed E-state index contributed by atoms with van der Waals surface area (Å²) in [4.78, 5) is 12.4. The summed E-state index contributed by atoms with van der Waals surface area (Å²) >= 11 is 0. The Bertz CT molecular complexity index is 731. The van der Waals surface area contributed by atoms with Gasteiger partial charge in [0.1, 0.15) is 0 Å². The Kier molecular flexibility index (Phi) is 38.9. The Labute approximate surface area is 300 Å². The zero-order valence-electron chi connectivity index (χ0n) is 32.3. The summed E-state index contributed by atoms with van der Waals surface area (Å²) in [6.07, 6.45) is 52.1. The third-order valence-corrected chi connectivity index (χ3v) is 9.65. The number of hydrogen-bond acceptors (Lipinski definition) is 3. The van der Waals surface area contributed by atoms with Gasteiger partial charge in [0.05, 0.1) is 18.8 Å². The normalized spacial score (nSPS) is 13.3. The first-order valence-electron chi connectivity index (χ1n) is 21.2. The number of carbonyl (C=O) groups is 1. The van der Waals surface area contributed by atoms with Crippen LogP contribution < -0.4 is 5.32 Å². The fraction of sp³-hybridized carbons (Fsp3) is 0.841. The van der Waals surface area contributed by atoms with Crippen molar-refractivity contribution >= 4 is 5.91 Å². The number of carbonyl (C=O) groups excluding carboxylic acids is 1. The molecule has 0 radical (unpaired) electrons. The first kappa shape index (κ1) is 46.6. The average Bonchev–Trinajstić information content (AvgIpc) is 3.09. The zero-order chi connectivity index (χ0) is 35.0. The number of allylic oxidation sites excluding steroid dienone is 6. The van der Waals surface area contributed by atoms with Crippen LogP contribution in [-0.4, -0.2) is 34.9 Å². The summed E-state index contributed by atoms with van der Waals surface area (Å²) in [7, 11) is 0. The molecule has 0 saturated carbocycles. The predicted molar refractivity (Wildman–Crippen MR) is 212 cm³/mol. The van der Waals surface area contributed by atoms with Crippen LogP contribution in [0.25, 0.3) is 0 Å². The summed E-state index contributed by atoms with van der Waals surface area (Å²) in [6, 6.07) is -0.542. The van der Waals surface area contributed by atoms with Crippen LogP contribution in [0.4, 0.5) is 0 Å². The molecule has 0 spiro atoms. The van der Waals surface area contributed by atoms with E-state index in [-0.39, 0.29) is 12.5 Å². The van der Waals surface area contributed by atoms with Crippen LogP contribution in [0.1, 0.15) is 219 Å². The number of amides is 1. The molecular weight excluding hydrogens is 590 g/mol. The van der Waals surface area contributed by atoms with Gasteiger partial charge in [0.15, 0.2) is 0 Å². The number of aliphatic hydroxyl groups is 2. The summed E-state index contributed by atoms with van der Waals surface area (Å²) < 4.78 is 0. The van der Waals surface area contributed by atoms with Crippen molar-refractivity contribution in [3.63, 3.8) is 0 Å². The van der Waals surface area contributed by atoms with E-state index in [4.69, 9.17) is 0 Å². The third-order valence-electron chi connectivity index (χ3n) is 9.65. The van der Waals surface area contributed by atoms with Gasteiger partial charge < -0.3 is 15.5 Å². The molecule has 0 fully saturated rings. The van der Waals surface area contributed by atoms with Crippen molar-refractivity contribution < 1.29 is 15.0 Å². The minimum absolute atomic E-state index is 0.0439. The smallest absolute Gasteiger partial charge is 0.220 e.